The maximum absolute atomic E-state index is 11.7. The Hall–Kier alpha value is -2.57. The second kappa shape index (κ2) is 6.05. The minimum atomic E-state index is -0.407. The van der Waals surface area contributed by atoms with Crippen molar-refractivity contribution in [2.45, 2.75) is 20.1 Å². The molecule has 0 atom stereocenters. The minimum Gasteiger partial charge on any atom is -0.497 e. The molecule has 2 rings (SSSR count). The van der Waals surface area contributed by atoms with Crippen molar-refractivity contribution in [2.75, 3.05) is 12.8 Å². The SMILES string of the molecule is COc1cc(C)nc(COC(=O)Cn2cc(N)cn2)c1. The first kappa shape index (κ1) is 13.9. The summed E-state index contributed by atoms with van der Waals surface area (Å²) in [5.74, 6) is 0.277. The normalized spacial score (nSPS) is 10.3. The third kappa shape index (κ3) is 3.71. The van der Waals surface area contributed by atoms with Gasteiger partial charge < -0.3 is 15.2 Å². The van der Waals surface area contributed by atoms with Crippen LogP contribution < -0.4 is 10.5 Å². The number of ether oxygens (including phenoxy) is 2. The van der Waals surface area contributed by atoms with Gasteiger partial charge >= 0.3 is 5.97 Å². The van der Waals surface area contributed by atoms with Gasteiger partial charge in [-0.05, 0) is 6.92 Å². The van der Waals surface area contributed by atoms with E-state index < -0.39 is 5.97 Å². The maximum atomic E-state index is 11.7. The van der Waals surface area contributed by atoms with E-state index >= 15 is 0 Å². The summed E-state index contributed by atoms with van der Waals surface area (Å²) in [6.45, 7) is 1.95. The van der Waals surface area contributed by atoms with E-state index in [0.717, 1.165) is 5.69 Å². The van der Waals surface area contributed by atoms with Gasteiger partial charge in [-0.3, -0.25) is 14.5 Å². The number of nitrogens with zero attached hydrogens (tertiary/aromatic N) is 3. The molecule has 0 fully saturated rings. The molecule has 2 aromatic heterocycles. The number of aryl methyl sites for hydroxylation is 1. The lowest BCUT2D eigenvalue weighted by Gasteiger charge is -2.07. The lowest BCUT2D eigenvalue weighted by atomic mass is 10.3. The van der Waals surface area contributed by atoms with Gasteiger partial charge in [0, 0.05) is 24.0 Å². The lowest BCUT2D eigenvalue weighted by molar-refractivity contribution is -0.146. The van der Waals surface area contributed by atoms with Crippen molar-refractivity contribution < 1.29 is 14.3 Å². The molecule has 0 saturated heterocycles. The van der Waals surface area contributed by atoms with E-state index in [2.05, 4.69) is 10.1 Å². The van der Waals surface area contributed by atoms with Gasteiger partial charge in [-0.2, -0.15) is 5.10 Å². The summed E-state index contributed by atoms with van der Waals surface area (Å²) in [4.78, 5) is 15.9. The van der Waals surface area contributed by atoms with Gasteiger partial charge in [0.1, 0.15) is 18.9 Å². The quantitative estimate of drug-likeness (QED) is 0.816. The molecule has 0 radical (unpaired) electrons. The van der Waals surface area contributed by atoms with Crippen LogP contribution >= 0.6 is 0 Å². The Morgan fingerprint density at radius 3 is 2.90 bits per heavy atom. The zero-order valence-corrected chi connectivity index (χ0v) is 11.4. The zero-order valence-electron chi connectivity index (χ0n) is 11.4. The van der Waals surface area contributed by atoms with Crippen LogP contribution in [0.25, 0.3) is 0 Å². The van der Waals surface area contributed by atoms with E-state index in [9.17, 15) is 4.79 Å². The number of rotatable bonds is 5. The second-order valence-electron chi connectivity index (χ2n) is 4.27. The highest BCUT2D eigenvalue weighted by Gasteiger charge is 2.07. The molecule has 0 aliphatic heterocycles. The number of methoxy groups -OCH3 is 1. The Labute approximate surface area is 116 Å². The fraction of sp³-hybridized carbons (Fsp3) is 0.308. The molecule has 2 aromatic rings. The van der Waals surface area contributed by atoms with Crippen molar-refractivity contribution >= 4 is 11.7 Å². The maximum Gasteiger partial charge on any atom is 0.328 e. The topological polar surface area (TPSA) is 92.3 Å². The molecule has 7 nitrogen and oxygen atoms in total. The first-order valence-electron chi connectivity index (χ1n) is 6.02. The van der Waals surface area contributed by atoms with Gasteiger partial charge in [-0.1, -0.05) is 0 Å². The number of carbonyl (C=O) groups excluding carboxylic acids is 1. The van der Waals surface area contributed by atoms with Crippen molar-refractivity contribution in [1.29, 1.82) is 0 Å². The molecule has 0 saturated carbocycles. The number of hydrogen-bond donors (Lipinski definition) is 1. The minimum absolute atomic E-state index is 0.0140. The number of carbonyl (C=O) groups is 1. The molecule has 2 N–H and O–H groups in total. The molecule has 0 bridgehead atoms. The van der Waals surface area contributed by atoms with Crippen LogP contribution in [-0.4, -0.2) is 27.8 Å². The fourth-order valence-corrected chi connectivity index (χ4v) is 1.69. The van der Waals surface area contributed by atoms with Crippen LogP contribution in [0.5, 0.6) is 5.75 Å². The number of esters is 1. The van der Waals surface area contributed by atoms with Gasteiger partial charge in [0.15, 0.2) is 0 Å². The van der Waals surface area contributed by atoms with Gasteiger partial charge in [-0.15, -0.1) is 0 Å². The third-order valence-electron chi connectivity index (χ3n) is 2.54. The largest absolute Gasteiger partial charge is 0.497 e. The van der Waals surface area contributed by atoms with Crippen molar-refractivity contribution in [1.82, 2.24) is 14.8 Å². The highest BCUT2D eigenvalue weighted by atomic mass is 16.5. The number of aromatic nitrogens is 3. The Kier molecular flexibility index (Phi) is 4.19. The van der Waals surface area contributed by atoms with Crippen LogP contribution in [0.15, 0.2) is 24.5 Å². The molecular formula is C13H16N4O3. The van der Waals surface area contributed by atoms with E-state index in [1.807, 2.05) is 6.92 Å². The summed E-state index contributed by atoms with van der Waals surface area (Å²) in [6.07, 6.45) is 3.04. The van der Waals surface area contributed by atoms with Gasteiger partial charge in [0.05, 0.1) is 24.7 Å². The van der Waals surface area contributed by atoms with Crippen LogP contribution in [0, 0.1) is 6.92 Å². The summed E-state index contributed by atoms with van der Waals surface area (Å²) in [7, 11) is 1.58. The average Bonchev–Trinajstić information content (AvgIpc) is 2.81. The summed E-state index contributed by atoms with van der Waals surface area (Å²) >= 11 is 0. The first-order valence-corrected chi connectivity index (χ1v) is 6.02. The lowest BCUT2D eigenvalue weighted by Crippen LogP contribution is -2.14. The number of pyridine rings is 1. The Morgan fingerprint density at radius 1 is 1.45 bits per heavy atom. The van der Waals surface area contributed by atoms with Crippen molar-refractivity contribution in [3.05, 3.63) is 35.9 Å². The van der Waals surface area contributed by atoms with Crippen molar-refractivity contribution in [3.63, 3.8) is 0 Å². The molecule has 0 unspecified atom stereocenters. The molecular weight excluding hydrogens is 260 g/mol. The molecule has 20 heavy (non-hydrogen) atoms. The van der Waals surface area contributed by atoms with Gasteiger partial charge in [0.25, 0.3) is 0 Å². The summed E-state index contributed by atoms with van der Waals surface area (Å²) in [5.41, 5.74) is 7.45. The number of nitrogens with two attached hydrogens (primary N) is 1. The van der Waals surface area contributed by atoms with Gasteiger partial charge in [-0.25, -0.2) is 0 Å². The van der Waals surface area contributed by atoms with Crippen LogP contribution in [-0.2, 0) is 22.7 Å². The van der Waals surface area contributed by atoms with Crippen LogP contribution in [0.4, 0.5) is 5.69 Å². The Morgan fingerprint density at radius 2 is 2.25 bits per heavy atom. The smallest absolute Gasteiger partial charge is 0.328 e. The van der Waals surface area contributed by atoms with Gasteiger partial charge in [0.2, 0.25) is 0 Å². The highest BCUT2D eigenvalue weighted by Crippen LogP contribution is 2.14. The van der Waals surface area contributed by atoms with Crippen LogP contribution in [0.3, 0.4) is 0 Å². The summed E-state index contributed by atoms with van der Waals surface area (Å²) in [6, 6.07) is 3.53. The predicted octanol–water partition coefficient (Wildman–Crippen LogP) is 0.921. The second-order valence-corrected chi connectivity index (χ2v) is 4.27. The van der Waals surface area contributed by atoms with Crippen molar-refractivity contribution in [2.24, 2.45) is 0 Å². The zero-order chi connectivity index (χ0) is 14.5. The van der Waals surface area contributed by atoms with Crippen molar-refractivity contribution in [3.8, 4) is 5.75 Å². The van der Waals surface area contributed by atoms with E-state index in [0.29, 0.717) is 17.1 Å². The molecule has 0 aliphatic rings. The standard InChI is InChI=1S/C13H16N4O3/c1-9-3-12(19-2)4-11(16-9)8-20-13(18)7-17-6-10(14)5-15-17/h3-6H,7-8,14H2,1-2H3. The highest BCUT2D eigenvalue weighted by molar-refractivity contribution is 5.69. The Balaban J connectivity index is 1.91. The fourth-order valence-electron chi connectivity index (χ4n) is 1.69. The molecule has 0 spiro atoms. The summed E-state index contributed by atoms with van der Waals surface area (Å²) in [5, 5.41) is 3.91. The monoisotopic (exact) mass is 276 g/mol. The number of anilines is 1. The van der Waals surface area contributed by atoms with Crippen LogP contribution in [0.2, 0.25) is 0 Å². The van der Waals surface area contributed by atoms with E-state index in [1.165, 1.54) is 10.9 Å². The molecule has 0 amide bonds. The third-order valence-corrected chi connectivity index (χ3v) is 2.54. The molecule has 0 aromatic carbocycles. The molecule has 2 heterocycles. The number of nitrogen functional groups attached to an aromatic ring is 1. The van der Waals surface area contributed by atoms with Crippen LogP contribution in [0.1, 0.15) is 11.4 Å². The Bertz CT molecular complexity index is 609. The molecule has 7 heteroatoms. The average molecular weight is 276 g/mol. The molecule has 0 aliphatic carbocycles. The first-order chi connectivity index (χ1) is 9.56. The number of hydrogen-bond acceptors (Lipinski definition) is 6. The predicted molar refractivity (Wildman–Crippen MR) is 72.0 cm³/mol. The summed E-state index contributed by atoms with van der Waals surface area (Å²) < 4.78 is 11.7. The van der Waals surface area contributed by atoms with E-state index in [-0.39, 0.29) is 13.2 Å². The molecule has 106 valence electrons. The van der Waals surface area contributed by atoms with E-state index in [4.69, 9.17) is 15.2 Å². The van der Waals surface area contributed by atoms with E-state index in [1.54, 1.807) is 25.4 Å².